The molecule has 6 rings (SSSR count). The summed E-state index contributed by atoms with van der Waals surface area (Å²) in [6.07, 6.45) is 0. The third-order valence-corrected chi connectivity index (χ3v) is 7.31. The van der Waals surface area contributed by atoms with Crippen LogP contribution in [0.15, 0.2) is 84.9 Å². The van der Waals surface area contributed by atoms with Crippen molar-refractivity contribution in [2.75, 3.05) is 20.4 Å². The Balaban J connectivity index is 1.15. The van der Waals surface area contributed by atoms with Crippen LogP contribution in [0.3, 0.4) is 0 Å². The van der Waals surface area contributed by atoms with Gasteiger partial charge in [-0.2, -0.15) is 0 Å². The molecule has 4 aromatic rings. The molecule has 0 radical (unpaired) electrons. The van der Waals surface area contributed by atoms with Crippen LogP contribution < -0.4 is 18.9 Å². The van der Waals surface area contributed by atoms with Crippen LogP contribution in [-0.2, 0) is 0 Å². The van der Waals surface area contributed by atoms with Gasteiger partial charge in [0, 0.05) is 0 Å². The van der Waals surface area contributed by atoms with Gasteiger partial charge in [0.25, 0.3) is 23.6 Å². The predicted molar refractivity (Wildman–Crippen MR) is 159 cm³/mol. The van der Waals surface area contributed by atoms with Crippen molar-refractivity contribution in [1.29, 1.82) is 0 Å². The van der Waals surface area contributed by atoms with Gasteiger partial charge in [-0.05, 0) is 91.9 Å². The number of carbonyl (C=O) groups is 6. The molecule has 2 heterocycles. The fraction of sp³-hybridized carbons (Fsp3) is 0.118. The molecule has 4 amide bonds. The van der Waals surface area contributed by atoms with Gasteiger partial charge in [-0.1, -0.05) is 0 Å². The molecule has 46 heavy (non-hydrogen) atoms. The number of imide groups is 2. The van der Waals surface area contributed by atoms with Crippen LogP contribution in [0.4, 0.5) is 0 Å². The van der Waals surface area contributed by atoms with Crippen molar-refractivity contribution in [2.24, 2.45) is 0 Å². The Kier molecular flexibility index (Phi) is 7.76. The van der Waals surface area contributed by atoms with Crippen molar-refractivity contribution >= 4 is 35.6 Å². The Morgan fingerprint density at radius 3 is 1.35 bits per heavy atom. The quantitative estimate of drug-likeness (QED) is 0.150. The van der Waals surface area contributed by atoms with Crippen LogP contribution in [0, 0.1) is 0 Å². The molecular formula is C34H24N2O10. The van der Waals surface area contributed by atoms with E-state index in [9.17, 15) is 28.8 Å². The number of methoxy groups -OCH3 is 1. The second kappa shape index (κ2) is 12.0. The molecule has 0 aromatic heterocycles. The summed E-state index contributed by atoms with van der Waals surface area (Å²) in [5.41, 5.74) is -0.116. The summed E-state index contributed by atoms with van der Waals surface area (Å²) in [4.78, 5) is 79.9. The lowest BCUT2D eigenvalue weighted by atomic mass is 10.1. The summed E-state index contributed by atoms with van der Waals surface area (Å²) in [5, 5.41) is 0. The van der Waals surface area contributed by atoms with Crippen LogP contribution >= 0.6 is 0 Å². The largest absolute Gasteiger partial charge is 0.497 e. The number of ether oxygens (including phenoxy) is 4. The lowest BCUT2D eigenvalue weighted by molar-refractivity contribution is 0.0470. The average Bonchev–Trinajstić information content (AvgIpc) is 3.45. The van der Waals surface area contributed by atoms with Gasteiger partial charge in [-0.25, -0.2) is 9.59 Å². The first-order valence-electron chi connectivity index (χ1n) is 14.0. The van der Waals surface area contributed by atoms with E-state index in [1.165, 1.54) is 55.6 Å². The van der Waals surface area contributed by atoms with Crippen LogP contribution in [0.1, 0.15) is 69.1 Å². The number of rotatable bonds is 9. The van der Waals surface area contributed by atoms with Gasteiger partial charge in [0.15, 0.2) is 0 Å². The zero-order valence-corrected chi connectivity index (χ0v) is 24.5. The first-order valence-corrected chi connectivity index (χ1v) is 14.0. The number of amides is 4. The number of fused-ring (bicyclic) bond motifs is 2. The lowest BCUT2D eigenvalue weighted by Gasteiger charge is -2.20. The van der Waals surface area contributed by atoms with E-state index in [4.69, 9.17) is 18.9 Å². The maximum Gasteiger partial charge on any atom is 0.343 e. The monoisotopic (exact) mass is 620 g/mol. The first kappa shape index (κ1) is 29.8. The smallest absolute Gasteiger partial charge is 0.343 e. The summed E-state index contributed by atoms with van der Waals surface area (Å²) in [5.74, 6) is -2.92. The van der Waals surface area contributed by atoms with Crippen LogP contribution in [0.5, 0.6) is 23.0 Å². The van der Waals surface area contributed by atoms with Gasteiger partial charge in [0.1, 0.15) is 29.7 Å². The Morgan fingerprint density at radius 1 is 0.543 bits per heavy atom. The molecule has 12 heteroatoms. The number of hydrogen-bond acceptors (Lipinski definition) is 10. The molecule has 4 aromatic carbocycles. The highest BCUT2D eigenvalue weighted by molar-refractivity contribution is 6.24. The molecule has 0 spiro atoms. The molecule has 0 saturated carbocycles. The molecule has 0 N–H and O–H groups in total. The van der Waals surface area contributed by atoms with Crippen LogP contribution in [-0.4, -0.2) is 65.8 Å². The molecule has 0 aliphatic carbocycles. The molecule has 2 aliphatic rings. The summed E-state index contributed by atoms with van der Waals surface area (Å²) in [7, 11) is 1.50. The van der Waals surface area contributed by atoms with Gasteiger partial charge in [-0.3, -0.25) is 29.0 Å². The van der Waals surface area contributed by atoms with Crippen molar-refractivity contribution in [3.05, 3.63) is 118 Å². The summed E-state index contributed by atoms with van der Waals surface area (Å²) < 4.78 is 21.2. The molecule has 12 nitrogen and oxygen atoms in total. The molecule has 2 aliphatic heterocycles. The fourth-order valence-corrected chi connectivity index (χ4v) is 4.98. The summed E-state index contributed by atoms with van der Waals surface area (Å²) >= 11 is 0. The third-order valence-electron chi connectivity index (χ3n) is 7.31. The number of carbonyl (C=O) groups excluding carboxylic acids is 6. The van der Waals surface area contributed by atoms with Crippen molar-refractivity contribution in [1.82, 2.24) is 9.80 Å². The van der Waals surface area contributed by atoms with Gasteiger partial charge in [0.05, 0.1) is 47.1 Å². The van der Waals surface area contributed by atoms with E-state index in [0.717, 1.165) is 9.80 Å². The van der Waals surface area contributed by atoms with Crippen molar-refractivity contribution in [2.45, 2.75) is 6.92 Å². The van der Waals surface area contributed by atoms with E-state index < -0.39 is 42.2 Å². The van der Waals surface area contributed by atoms with Crippen molar-refractivity contribution in [3.63, 3.8) is 0 Å². The molecular weight excluding hydrogens is 596 g/mol. The molecule has 0 saturated heterocycles. The van der Waals surface area contributed by atoms with Crippen molar-refractivity contribution < 1.29 is 47.7 Å². The highest BCUT2D eigenvalue weighted by Crippen LogP contribution is 2.29. The zero-order valence-electron chi connectivity index (χ0n) is 24.5. The van der Waals surface area contributed by atoms with E-state index in [2.05, 4.69) is 0 Å². The maximum absolute atomic E-state index is 13.3. The van der Waals surface area contributed by atoms with Gasteiger partial charge in [-0.15, -0.1) is 0 Å². The first-order chi connectivity index (χ1) is 22.2. The Morgan fingerprint density at radius 2 is 0.935 bits per heavy atom. The average molecular weight is 621 g/mol. The number of benzene rings is 4. The second-order valence-electron chi connectivity index (χ2n) is 10.1. The van der Waals surface area contributed by atoms with Gasteiger partial charge < -0.3 is 18.9 Å². The Hall–Kier alpha value is -6.30. The zero-order chi connectivity index (χ0) is 32.5. The lowest BCUT2D eigenvalue weighted by Crippen LogP contribution is -2.43. The fourth-order valence-electron chi connectivity index (χ4n) is 4.98. The summed E-state index contributed by atoms with van der Waals surface area (Å²) in [6.45, 7) is 1.65. The van der Waals surface area contributed by atoms with E-state index in [1.54, 1.807) is 36.4 Å². The van der Waals surface area contributed by atoms with Crippen molar-refractivity contribution in [3.8, 4) is 23.0 Å². The normalized spacial score (nSPS) is 13.4. The topological polar surface area (TPSA) is 146 Å². The minimum atomic E-state index is -0.796. The minimum absolute atomic E-state index is 0.00178. The van der Waals surface area contributed by atoms with Gasteiger partial charge >= 0.3 is 11.9 Å². The highest BCUT2D eigenvalue weighted by atomic mass is 16.5. The van der Waals surface area contributed by atoms with E-state index in [0.29, 0.717) is 18.1 Å². The molecule has 0 atom stereocenters. The third kappa shape index (κ3) is 5.43. The standard InChI is InChI=1S/C34H24N2O10/c1-3-44-22-8-12-24(13-9-22)46-34(42)20-5-15-26-28(17-20)32(40)36(30(26)38)18-35-29(37)25-14-4-19(16-27(25)31(35)39)33(41)45-23-10-6-21(43-2)7-11-23/h4-17H,3,18H2,1-2H3. The minimum Gasteiger partial charge on any atom is -0.497 e. The predicted octanol–water partition coefficient (Wildman–Crippen LogP) is 4.38. The molecule has 0 fully saturated rings. The van der Waals surface area contributed by atoms with E-state index in [1.807, 2.05) is 6.92 Å². The Labute approximate surface area is 261 Å². The maximum atomic E-state index is 13.3. The van der Waals surface area contributed by atoms with E-state index >= 15 is 0 Å². The molecule has 0 bridgehead atoms. The summed E-state index contributed by atoms with van der Waals surface area (Å²) in [6, 6.07) is 20.5. The number of hydrogen-bond donors (Lipinski definition) is 0. The molecule has 230 valence electrons. The molecule has 0 unspecified atom stereocenters. The SMILES string of the molecule is CCOc1ccc(OC(=O)c2ccc3c(c2)C(=O)N(CN2C(=O)c4ccc(C(=O)Oc5ccc(OC)cc5)cc4C2=O)C3=O)cc1. The van der Waals surface area contributed by atoms with Gasteiger partial charge in [0.2, 0.25) is 0 Å². The Bertz CT molecular complexity index is 1930. The number of esters is 2. The number of nitrogens with zero attached hydrogens (tertiary/aromatic N) is 2. The van der Waals surface area contributed by atoms with Crippen LogP contribution in [0.2, 0.25) is 0 Å². The second-order valence-corrected chi connectivity index (χ2v) is 10.1. The van der Waals surface area contributed by atoms with E-state index in [-0.39, 0.29) is 44.9 Å². The van der Waals surface area contributed by atoms with Crippen LogP contribution in [0.25, 0.3) is 0 Å². The highest BCUT2D eigenvalue weighted by Gasteiger charge is 2.43.